The quantitative estimate of drug-likeness (QED) is 0.445. The molecule has 206 valence electrons. The van der Waals surface area contributed by atoms with Crippen molar-refractivity contribution in [1.82, 2.24) is 24.0 Å². The largest absolute Gasteiger partial charge is 0.573 e. The highest BCUT2D eigenvalue weighted by Gasteiger charge is 2.34. The highest BCUT2D eigenvalue weighted by molar-refractivity contribution is 7.87. The molecule has 2 heterocycles. The molecule has 2 aromatic carbocycles. The van der Waals surface area contributed by atoms with Gasteiger partial charge in [0, 0.05) is 45.8 Å². The molecule has 2 amide bonds. The van der Waals surface area contributed by atoms with Crippen LogP contribution in [-0.4, -0.2) is 65.7 Å². The van der Waals surface area contributed by atoms with Crippen LogP contribution in [0, 0.1) is 0 Å². The highest BCUT2D eigenvalue weighted by Crippen LogP contribution is 2.35. The SMILES string of the molecule is CN(C)S(=O)(=O)NC(=O)CCC(=O)N1N=C(c2ccc(OC(F)(F)F)cc2)CC1c1ccc2nccnc2c1. The number of halogens is 3. The number of hydrogen-bond donors (Lipinski definition) is 1. The Morgan fingerprint density at radius 2 is 1.72 bits per heavy atom. The number of hydrogen-bond acceptors (Lipinski definition) is 8. The lowest BCUT2D eigenvalue weighted by Gasteiger charge is -2.22. The third-order valence-electron chi connectivity index (χ3n) is 5.75. The van der Waals surface area contributed by atoms with Gasteiger partial charge in [-0.3, -0.25) is 19.6 Å². The van der Waals surface area contributed by atoms with E-state index < -0.39 is 46.6 Å². The zero-order chi connectivity index (χ0) is 28.4. The number of carbonyl (C=O) groups is 2. The molecule has 1 atom stereocenters. The number of carbonyl (C=O) groups excluding carboxylic acids is 2. The summed E-state index contributed by atoms with van der Waals surface area (Å²) in [6, 6.07) is 9.73. The molecule has 0 aliphatic carbocycles. The minimum Gasteiger partial charge on any atom is -0.406 e. The van der Waals surface area contributed by atoms with Crippen LogP contribution < -0.4 is 9.46 Å². The molecule has 1 aromatic heterocycles. The second kappa shape index (κ2) is 10.9. The summed E-state index contributed by atoms with van der Waals surface area (Å²) >= 11 is 0. The monoisotopic (exact) mass is 564 g/mol. The highest BCUT2D eigenvalue weighted by atomic mass is 32.2. The lowest BCUT2D eigenvalue weighted by Crippen LogP contribution is -2.39. The molecule has 0 bridgehead atoms. The maximum absolute atomic E-state index is 13.2. The van der Waals surface area contributed by atoms with Gasteiger partial charge in [0.1, 0.15) is 5.75 Å². The Kier molecular flexibility index (Phi) is 7.83. The number of nitrogens with one attached hydrogen (secondary N) is 1. The maximum atomic E-state index is 13.2. The molecule has 1 aliphatic heterocycles. The van der Waals surface area contributed by atoms with Crippen molar-refractivity contribution in [2.75, 3.05) is 14.1 Å². The number of aromatic nitrogens is 2. The Morgan fingerprint density at radius 3 is 2.36 bits per heavy atom. The Bertz CT molecular complexity index is 1530. The third-order valence-corrected chi connectivity index (χ3v) is 7.20. The summed E-state index contributed by atoms with van der Waals surface area (Å²) < 4.78 is 68.0. The topological polar surface area (TPSA) is 134 Å². The van der Waals surface area contributed by atoms with Crippen LogP contribution in [0.1, 0.15) is 36.4 Å². The van der Waals surface area contributed by atoms with Gasteiger partial charge >= 0.3 is 16.6 Å². The fraction of sp³-hybridized carbons (Fsp3) is 0.292. The van der Waals surface area contributed by atoms with E-state index in [-0.39, 0.29) is 12.8 Å². The lowest BCUT2D eigenvalue weighted by molar-refractivity contribution is -0.274. The zero-order valence-corrected chi connectivity index (χ0v) is 21.5. The first kappa shape index (κ1) is 27.9. The molecule has 0 spiro atoms. The normalized spacial score (nSPS) is 15.9. The van der Waals surface area contributed by atoms with Gasteiger partial charge in [-0.1, -0.05) is 6.07 Å². The van der Waals surface area contributed by atoms with Crippen LogP contribution in [-0.2, 0) is 19.8 Å². The van der Waals surface area contributed by atoms with Crippen LogP contribution in [0.5, 0.6) is 5.75 Å². The summed E-state index contributed by atoms with van der Waals surface area (Å²) in [6.45, 7) is 0. The van der Waals surface area contributed by atoms with E-state index in [1.165, 1.54) is 37.4 Å². The molecule has 3 aromatic rings. The minimum absolute atomic E-state index is 0.220. The first-order valence-corrected chi connectivity index (χ1v) is 13.0. The van der Waals surface area contributed by atoms with Crippen molar-refractivity contribution < 1.29 is 35.9 Å². The average Bonchev–Trinajstić information content (AvgIpc) is 3.32. The van der Waals surface area contributed by atoms with Gasteiger partial charge in [-0.25, -0.2) is 9.73 Å². The van der Waals surface area contributed by atoms with Crippen LogP contribution in [0.2, 0.25) is 0 Å². The Hall–Kier alpha value is -4.11. The summed E-state index contributed by atoms with van der Waals surface area (Å²) in [5.41, 5.74) is 2.79. The van der Waals surface area contributed by atoms with E-state index in [1.807, 2.05) is 4.72 Å². The maximum Gasteiger partial charge on any atom is 0.573 e. The van der Waals surface area contributed by atoms with Gasteiger partial charge in [-0.2, -0.15) is 17.8 Å². The minimum atomic E-state index is -4.84. The predicted molar refractivity (Wildman–Crippen MR) is 133 cm³/mol. The second-order valence-electron chi connectivity index (χ2n) is 8.69. The van der Waals surface area contributed by atoms with Crippen LogP contribution in [0.4, 0.5) is 13.2 Å². The second-order valence-corrected chi connectivity index (χ2v) is 10.6. The molecule has 0 radical (unpaired) electrons. The third kappa shape index (κ3) is 6.86. The van der Waals surface area contributed by atoms with E-state index in [1.54, 1.807) is 24.4 Å². The molecule has 0 saturated carbocycles. The Morgan fingerprint density at radius 1 is 1.05 bits per heavy atom. The van der Waals surface area contributed by atoms with E-state index in [4.69, 9.17) is 0 Å². The first-order chi connectivity index (χ1) is 18.3. The van der Waals surface area contributed by atoms with E-state index in [2.05, 4.69) is 19.8 Å². The van der Waals surface area contributed by atoms with Gasteiger partial charge in [0.15, 0.2) is 0 Å². The van der Waals surface area contributed by atoms with Crippen molar-refractivity contribution in [1.29, 1.82) is 0 Å². The fourth-order valence-electron chi connectivity index (χ4n) is 3.83. The molecule has 0 saturated heterocycles. The molecule has 15 heteroatoms. The molecular formula is C24H23F3N6O5S. The number of alkyl halides is 3. The summed E-state index contributed by atoms with van der Waals surface area (Å²) in [5.74, 6) is -1.82. The van der Waals surface area contributed by atoms with E-state index in [9.17, 15) is 31.2 Å². The lowest BCUT2D eigenvalue weighted by atomic mass is 9.97. The van der Waals surface area contributed by atoms with Crippen LogP contribution in [0.3, 0.4) is 0 Å². The molecule has 0 fully saturated rings. The van der Waals surface area contributed by atoms with Gasteiger partial charge in [-0.05, 0) is 47.5 Å². The van der Waals surface area contributed by atoms with E-state index >= 15 is 0 Å². The number of benzene rings is 2. The van der Waals surface area contributed by atoms with Gasteiger partial charge < -0.3 is 4.74 Å². The van der Waals surface area contributed by atoms with Crippen molar-refractivity contribution >= 4 is 38.8 Å². The van der Waals surface area contributed by atoms with Crippen LogP contribution >= 0.6 is 0 Å². The predicted octanol–water partition coefficient (Wildman–Crippen LogP) is 2.91. The molecule has 11 nitrogen and oxygen atoms in total. The van der Waals surface area contributed by atoms with Gasteiger partial charge in [0.05, 0.1) is 22.8 Å². The Balaban J connectivity index is 1.58. The molecule has 1 N–H and O–H groups in total. The number of hydrazone groups is 1. The summed E-state index contributed by atoms with van der Waals surface area (Å²) in [6.07, 6.45) is -2.30. The van der Waals surface area contributed by atoms with Crippen molar-refractivity contribution in [3.05, 3.63) is 66.0 Å². The average molecular weight is 565 g/mol. The van der Waals surface area contributed by atoms with Crippen molar-refractivity contribution in [2.45, 2.75) is 31.7 Å². The number of fused-ring (bicyclic) bond motifs is 1. The standard InChI is InChI=1S/C24H23F3N6O5S/c1-32(2)39(36,37)31-22(34)9-10-23(35)33-21(16-5-8-18-20(13-16)29-12-11-28-18)14-19(30-33)15-3-6-17(7-4-15)38-24(25,26)27/h3-8,11-13,21H,9-10,14H2,1-2H3,(H,31,34). The van der Waals surface area contributed by atoms with E-state index in [0.29, 0.717) is 27.9 Å². The van der Waals surface area contributed by atoms with Crippen LogP contribution in [0.15, 0.2) is 60.0 Å². The van der Waals surface area contributed by atoms with Crippen molar-refractivity contribution in [3.8, 4) is 5.75 Å². The first-order valence-electron chi connectivity index (χ1n) is 11.5. The summed E-state index contributed by atoms with van der Waals surface area (Å²) in [4.78, 5) is 33.9. The molecule has 39 heavy (non-hydrogen) atoms. The number of ether oxygens (including phenoxy) is 1. The van der Waals surface area contributed by atoms with Crippen molar-refractivity contribution in [2.24, 2.45) is 5.10 Å². The van der Waals surface area contributed by atoms with Crippen molar-refractivity contribution in [3.63, 3.8) is 0 Å². The molecule has 4 rings (SSSR count). The van der Waals surface area contributed by atoms with Gasteiger partial charge in [0.2, 0.25) is 11.8 Å². The van der Waals surface area contributed by atoms with E-state index in [0.717, 1.165) is 16.4 Å². The zero-order valence-electron chi connectivity index (χ0n) is 20.7. The summed E-state index contributed by atoms with van der Waals surface area (Å²) in [7, 11) is -1.51. The number of rotatable bonds is 8. The smallest absolute Gasteiger partial charge is 0.406 e. The van der Waals surface area contributed by atoms with Gasteiger partial charge in [-0.15, -0.1) is 13.2 Å². The van der Waals surface area contributed by atoms with Crippen LogP contribution in [0.25, 0.3) is 11.0 Å². The molecule has 1 unspecified atom stereocenters. The summed E-state index contributed by atoms with van der Waals surface area (Å²) in [5, 5.41) is 5.62. The number of amides is 2. The fourth-order valence-corrected chi connectivity index (χ4v) is 4.40. The van der Waals surface area contributed by atoms with Gasteiger partial charge in [0.25, 0.3) is 0 Å². The number of nitrogens with zero attached hydrogens (tertiary/aromatic N) is 5. The Labute approximate surface area is 221 Å². The molecular weight excluding hydrogens is 541 g/mol. The molecule has 1 aliphatic rings.